The Morgan fingerprint density at radius 2 is 1.85 bits per heavy atom. The SMILES string of the molecule is C=CC(C)O[Si](O)(OCC)OCC. The Balaban J connectivity index is 4.12. The van der Waals surface area contributed by atoms with E-state index in [1.807, 2.05) is 0 Å². The summed E-state index contributed by atoms with van der Waals surface area (Å²) in [6, 6.07) is 0. The van der Waals surface area contributed by atoms with E-state index >= 15 is 0 Å². The molecular formula is C8H18O4Si. The van der Waals surface area contributed by atoms with Crippen molar-refractivity contribution in [3.63, 3.8) is 0 Å². The fourth-order valence-corrected chi connectivity index (χ4v) is 2.27. The first-order valence-electron chi connectivity index (χ1n) is 4.38. The molecule has 0 aliphatic carbocycles. The van der Waals surface area contributed by atoms with E-state index in [2.05, 4.69) is 6.58 Å². The molecule has 5 heteroatoms. The number of hydrogen-bond donors (Lipinski definition) is 1. The molecule has 0 saturated carbocycles. The molecule has 1 unspecified atom stereocenters. The van der Waals surface area contributed by atoms with Crippen LogP contribution in [-0.4, -0.2) is 33.2 Å². The summed E-state index contributed by atoms with van der Waals surface area (Å²) >= 11 is 0. The molecule has 1 atom stereocenters. The second-order valence-corrected chi connectivity index (χ2v) is 4.31. The first-order chi connectivity index (χ1) is 6.08. The smallest absolute Gasteiger partial charge is 0.367 e. The molecule has 0 aromatic rings. The van der Waals surface area contributed by atoms with Gasteiger partial charge in [0.1, 0.15) is 0 Å². The first-order valence-corrected chi connectivity index (χ1v) is 6.05. The Labute approximate surface area is 80.6 Å². The molecule has 0 heterocycles. The molecule has 0 aromatic heterocycles. The second-order valence-electron chi connectivity index (χ2n) is 2.45. The molecule has 0 bridgehead atoms. The summed E-state index contributed by atoms with van der Waals surface area (Å²) in [6.07, 6.45) is 1.31. The van der Waals surface area contributed by atoms with E-state index in [9.17, 15) is 4.80 Å². The van der Waals surface area contributed by atoms with Crippen LogP contribution in [0.4, 0.5) is 0 Å². The van der Waals surface area contributed by atoms with Gasteiger partial charge >= 0.3 is 9.05 Å². The lowest BCUT2D eigenvalue weighted by Crippen LogP contribution is -2.48. The second kappa shape index (κ2) is 6.28. The number of rotatable bonds is 7. The van der Waals surface area contributed by atoms with Crippen LogP contribution in [0.2, 0.25) is 0 Å². The van der Waals surface area contributed by atoms with Gasteiger partial charge in [-0.25, -0.2) is 0 Å². The maximum Gasteiger partial charge on any atom is 0.677 e. The lowest BCUT2D eigenvalue weighted by Gasteiger charge is -2.23. The van der Waals surface area contributed by atoms with Crippen LogP contribution >= 0.6 is 0 Å². The van der Waals surface area contributed by atoms with Crippen molar-refractivity contribution in [1.29, 1.82) is 0 Å². The molecule has 0 spiro atoms. The van der Waals surface area contributed by atoms with Gasteiger partial charge in [0, 0.05) is 13.2 Å². The highest BCUT2D eigenvalue weighted by Crippen LogP contribution is 2.09. The van der Waals surface area contributed by atoms with Gasteiger partial charge in [-0.3, -0.25) is 0 Å². The normalized spacial score (nSPS) is 14.2. The third-order valence-electron chi connectivity index (χ3n) is 1.32. The van der Waals surface area contributed by atoms with Crippen molar-refractivity contribution in [3.05, 3.63) is 12.7 Å². The van der Waals surface area contributed by atoms with Crippen molar-refractivity contribution in [2.75, 3.05) is 13.2 Å². The van der Waals surface area contributed by atoms with Crippen LogP contribution < -0.4 is 0 Å². The van der Waals surface area contributed by atoms with Gasteiger partial charge in [0.15, 0.2) is 0 Å². The fourth-order valence-electron chi connectivity index (χ4n) is 0.758. The van der Waals surface area contributed by atoms with Crippen LogP contribution in [0.1, 0.15) is 20.8 Å². The van der Waals surface area contributed by atoms with Gasteiger partial charge in [0.2, 0.25) is 0 Å². The maximum absolute atomic E-state index is 9.74. The van der Waals surface area contributed by atoms with E-state index < -0.39 is 9.05 Å². The summed E-state index contributed by atoms with van der Waals surface area (Å²) in [4.78, 5) is 9.74. The highest BCUT2D eigenvalue weighted by Gasteiger charge is 2.41. The fraction of sp³-hybridized carbons (Fsp3) is 0.750. The van der Waals surface area contributed by atoms with Gasteiger partial charge in [-0.2, -0.15) is 0 Å². The van der Waals surface area contributed by atoms with Gasteiger partial charge in [0.25, 0.3) is 0 Å². The maximum atomic E-state index is 9.74. The molecule has 4 nitrogen and oxygen atoms in total. The molecular weight excluding hydrogens is 188 g/mol. The molecule has 0 aromatic carbocycles. The van der Waals surface area contributed by atoms with Crippen LogP contribution in [0, 0.1) is 0 Å². The van der Waals surface area contributed by atoms with Gasteiger partial charge in [0.05, 0.1) is 6.10 Å². The molecule has 78 valence electrons. The third-order valence-corrected chi connectivity index (χ3v) is 3.30. The van der Waals surface area contributed by atoms with E-state index in [1.54, 1.807) is 26.8 Å². The zero-order valence-electron chi connectivity index (χ0n) is 8.45. The van der Waals surface area contributed by atoms with Crippen molar-refractivity contribution < 1.29 is 18.1 Å². The molecule has 13 heavy (non-hydrogen) atoms. The van der Waals surface area contributed by atoms with E-state index in [1.165, 1.54) is 0 Å². The van der Waals surface area contributed by atoms with Crippen LogP contribution in [0.15, 0.2) is 12.7 Å². The van der Waals surface area contributed by atoms with Gasteiger partial charge < -0.3 is 18.1 Å². The highest BCUT2D eigenvalue weighted by atomic mass is 28.4. The van der Waals surface area contributed by atoms with Crippen LogP contribution in [0.5, 0.6) is 0 Å². The monoisotopic (exact) mass is 206 g/mol. The van der Waals surface area contributed by atoms with Crippen molar-refractivity contribution in [1.82, 2.24) is 0 Å². The standard InChI is InChI=1S/C8H18O4Si/c1-5-8(4)12-13(9,10-6-2)11-7-3/h5,8-9H,1,6-7H2,2-4H3. The molecule has 0 amide bonds. The van der Waals surface area contributed by atoms with Gasteiger partial charge in [-0.1, -0.05) is 6.08 Å². The van der Waals surface area contributed by atoms with E-state index in [4.69, 9.17) is 13.3 Å². The highest BCUT2D eigenvalue weighted by molar-refractivity contribution is 6.52. The lowest BCUT2D eigenvalue weighted by molar-refractivity contribution is -0.0133. The molecule has 0 saturated heterocycles. The molecule has 0 rings (SSSR count). The average Bonchev–Trinajstić information content (AvgIpc) is 2.04. The molecule has 0 aliphatic heterocycles. The zero-order chi connectivity index (χ0) is 10.3. The molecule has 0 fully saturated rings. The quantitative estimate of drug-likeness (QED) is 0.500. The molecule has 0 radical (unpaired) electrons. The number of hydrogen-bond acceptors (Lipinski definition) is 4. The van der Waals surface area contributed by atoms with Crippen LogP contribution in [0.25, 0.3) is 0 Å². The van der Waals surface area contributed by atoms with Gasteiger partial charge in [-0.15, -0.1) is 6.58 Å². The summed E-state index contributed by atoms with van der Waals surface area (Å²) < 4.78 is 15.3. The predicted octanol–water partition coefficient (Wildman–Crippen LogP) is 1.08. The summed E-state index contributed by atoms with van der Waals surface area (Å²) in [5, 5.41) is 0. The summed E-state index contributed by atoms with van der Waals surface area (Å²) in [5.74, 6) is 0. The van der Waals surface area contributed by atoms with Crippen molar-refractivity contribution in [2.45, 2.75) is 26.9 Å². The Morgan fingerprint density at radius 1 is 1.38 bits per heavy atom. The Bertz CT molecular complexity index is 145. The largest absolute Gasteiger partial charge is 0.677 e. The molecule has 1 N–H and O–H groups in total. The Kier molecular flexibility index (Phi) is 6.18. The summed E-state index contributed by atoms with van der Waals surface area (Å²) in [5.41, 5.74) is 0. The van der Waals surface area contributed by atoms with Crippen LogP contribution in [-0.2, 0) is 13.3 Å². The van der Waals surface area contributed by atoms with E-state index in [0.717, 1.165) is 0 Å². The summed E-state index contributed by atoms with van der Waals surface area (Å²) in [6.45, 7) is 9.60. The van der Waals surface area contributed by atoms with Crippen molar-refractivity contribution >= 4 is 9.05 Å². The van der Waals surface area contributed by atoms with E-state index in [-0.39, 0.29) is 6.10 Å². The van der Waals surface area contributed by atoms with E-state index in [0.29, 0.717) is 13.2 Å². The first kappa shape index (κ1) is 12.8. The Hall–Kier alpha value is -0.203. The zero-order valence-corrected chi connectivity index (χ0v) is 9.45. The predicted molar refractivity (Wildman–Crippen MR) is 52.0 cm³/mol. The van der Waals surface area contributed by atoms with Gasteiger partial charge in [-0.05, 0) is 20.8 Å². The topological polar surface area (TPSA) is 47.9 Å². The Morgan fingerprint density at radius 3 is 2.15 bits per heavy atom. The minimum atomic E-state index is -3.40. The van der Waals surface area contributed by atoms with Crippen molar-refractivity contribution in [2.24, 2.45) is 0 Å². The van der Waals surface area contributed by atoms with Crippen LogP contribution in [0.3, 0.4) is 0 Å². The minimum absolute atomic E-state index is 0.269. The minimum Gasteiger partial charge on any atom is -0.367 e. The molecule has 0 aliphatic rings. The third kappa shape index (κ3) is 5.17. The summed E-state index contributed by atoms with van der Waals surface area (Å²) in [7, 11) is -3.40. The average molecular weight is 206 g/mol. The lowest BCUT2D eigenvalue weighted by atomic mass is 10.4. The van der Waals surface area contributed by atoms with Crippen molar-refractivity contribution in [3.8, 4) is 0 Å².